The van der Waals surface area contributed by atoms with Crippen LogP contribution in [0.25, 0.3) is 60.3 Å². The molecular formula is C25H14N4O. The molecule has 5 aromatic heterocycles. The quantitative estimate of drug-likeness (QED) is 0.346. The smallest absolute Gasteiger partial charge is 0.145 e. The second kappa shape index (κ2) is 5.64. The van der Waals surface area contributed by atoms with Crippen molar-refractivity contribution in [2.75, 3.05) is 0 Å². The highest BCUT2D eigenvalue weighted by atomic mass is 16.3. The average molecular weight is 386 g/mol. The number of aromatic nitrogens is 4. The highest BCUT2D eigenvalue weighted by Crippen LogP contribution is 2.44. The molecule has 0 aliphatic heterocycles. The fourth-order valence-electron chi connectivity index (χ4n) is 4.62. The average Bonchev–Trinajstić information content (AvgIpc) is 3.36. The van der Waals surface area contributed by atoms with E-state index in [1.54, 1.807) is 6.20 Å². The first-order valence-corrected chi connectivity index (χ1v) is 9.78. The van der Waals surface area contributed by atoms with E-state index in [0.29, 0.717) is 0 Å². The summed E-state index contributed by atoms with van der Waals surface area (Å²) in [6.45, 7) is 0. The van der Waals surface area contributed by atoms with Crippen LogP contribution < -0.4 is 0 Å². The molecule has 0 saturated heterocycles. The van der Waals surface area contributed by atoms with E-state index in [1.165, 1.54) is 0 Å². The Labute approximate surface area is 170 Å². The van der Waals surface area contributed by atoms with Gasteiger partial charge in [0.2, 0.25) is 0 Å². The summed E-state index contributed by atoms with van der Waals surface area (Å²) in [6.07, 6.45) is 9.24. The Morgan fingerprint density at radius 1 is 0.700 bits per heavy atom. The normalized spacial score (nSPS) is 12.0. The van der Waals surface area contributed by atoms with E-state index in [2.05, 4.69) is 38.8 Å². The van der Waals surface area contributed by atoms with E-state index in [-0.39, 0.29) is 0 Å². The van der Waals surface area contributed by atoms with Gasteiger partial charge in [-0.05, 0) is 36.4 Å². The second-order valence-corrected chi connectivity index (χ2v) is 7.36. The Morgan fingerprint density at radius 3 is 2.53 bits per heavy atom. The predicted molar refractivity (Wildman–Crippen MR) is 119 cm³/mol. The maximum Gasteiger partial charge on any atom is 0.145 e. The Balaban J connectivity index is 1.91. The van der Waals surface area contributed by atoms with E-state index >= 15 is 0 Å². The molecule has 7 rings (SSSR count). The van der Waals surface area contributed by atoms with Crippen molar-refractivity contribution in [3.63, 3.8) is 0 Å². The molecular weight excluding hydrogens is 372 g/mol. The lowest BCUT2D eigenvalue weighted by atomic mass is 10.0. The van der Waals surface area contributed by atoms with E-state index in [4.69, 9.17) is 9.40 Å². The van der Waals surface area contributed by atoms with Crippen molar-refractivity contribution >= 4 is 54.6 Å². The van der Waals surface area contributed by atoms with Gasteiger partial charge in [0, 0.05) is 46.3 Å². The number of pyridine rings is 3. The lowest BCUT2D eigenvalue weighted by molar-refractivity contribution is 0.673. The Morgan fingerprint density at radius 2 is 1.60 bits per heavy atom. The van der Waals surface area contributed by atoms with Gasteiger partial charge in [-0.25, -0.2) is 0 Å². The van der Waals surface area contributed by atoms with Crippen molar-refractivity contribution in [2.45, 2.75) is 0 Å². The molecule has 0 fully saturated rings. The first kappa shape index (κ1) is 15.6. The van der Waals surface area contributed by atoms with Crippen molar-refractivity contribution < 1.29 is 4.42 Å². The molecule has 7 aromatic rings. The largest absolute Gasteiger partial charge is 0.455 e. The molecule has 0 amide bonds. The number of hydrogen-bond donors (Lipinski definition) is 0. The van der Waals surface area contributed by atoms with Gasteiger partial charge in [0.1, 0.15) is 11.2 Å². The molecule has 0 unspecified atom stereocenters. The highest BCUT2D eigenvalue weighted by Gasteiger charge is 2.23. The number of nitrogens with zero attached hydrogens (tertiary/aromatic N) is 4. The third kappa shape index (κ3) is 1.89. The molecule has 0 bridgehead atoms. The summed E-state index contributed by atoms with van der Waals surface area (Å²) in [5.41, 5.74) is 5.77. The van der Waals surface area contributed by atoms with Crippen molar-refractivity contribution in [1.29, 1.82) is 0 Å². The third-order valence-electron chi connectivity index (χ3n) is 5.80. The van der Waals surface area contributed by atoms with Crippen LogP contribution in [0.5, 0.6) is 0 Å². The summed E-state index contributed by atoms with van der Waals surface area (Å²) < 4.78 is 8.62. The topological polar surface area (TPSA) is 56.7 Å². The molecule has 0 radical (unpaired) electrons. The van der Waals surface area contributed by atoms with Gasteiger partial charge in [-0.15, -0.1) is 0 Å². The van der Waals surface area contributed by atoms with Crippen molar-refractivity contribution in [2.24, 2.45) is 0 Å². The molecule has 2 aromatic carbocycles. The summed E-state index contributed by atoms with van der Waals surface area (Å²) in [4.78, 5) is 13.6. The van der Waals surface area contributed by atoms with Gasteiger partial charge in [0.25, 0.3) is 0 Å². The number of furan rings is 1. The van der Waals surface area contributed by atoms with E-state index < -0.39 is 0 Å². The molecule has 140 valence electrons. The molecule has 0 N–H and O–H groups in total. The minimum atomic E-state index is 0.869. The first-order valence-electron chi connectivity index (χ1n) is 9.78. The first-order chi connectivity index (χ1) is 14.9. The van der Waals surface area contributed by atoms with Crippen LogP contribution in [-0.4, -0.2) is 19.5 Å². The van der Waals surface area contributed by atoms with Crippen LogP contribution in [0, 0.1) is 0 Å². The van der Waals surface area contributed by atoms with Crippen molar-refractivity contribution in [3.8, 4) is 5.69 Å². The van der Waals surface area contributed by atoms with Gasteiger partial charge in [-0.1, -0.05) is 18.2 Å². The van der Waals surface area contributed by atoms with Crippen LogP contribution in [0.4, 0.5) is 0 Å². The van der Waals surface area contributed by atoms with Crippen LogP contribution in [0.2, 0.25) is 0 Å². The Bertz CT molecular complexity index is 1750. The van der Waals surface area contributed by atoms with Crippen LogP contribution in [0.15, 0.2) is 90.0 Å². The van der Waals surface area contributed by atoms with Gasteiger partial charge < -0.3 is 8.98 Å². The Kier molecular flexibility index (Phi) is 2.94. The fourth-order valence-corrected chi connectivity index (χ4v) is 4.62. The van der Waals surface area contributed by atoms with E-state index in [9.17, 15) is 0 Å². The summed E-state index contributed by atoms with van der Waals surface area (Å²) >= 11 is 0. The fraction of sp³-hybridized carbons (Fsp3) is 0. The van der Waals surface area contributed by atoms with Gasteiger partial charge >= 0.3 is 0 Å². The van der Waals surface area contributed by atoms with Crippen LogP contribution in [0.3, 0.4) is 0 Å². The van der Waals surface area contributed by atoms with Gasteiger partial charge in [0.05, 0.1) is 33.8 Å². The number of benzene rings is 2. The minimum absolute atomic E-state index is 0.869. The SMILES string of the molecule is c1cncc(-n2c3cccnc3c3c4cnccc4c4oc5ccccc5c4c32)c1. The molecule has 5 nitrogen and oxygen atoms in total. The molecule has 0 spiro atoms. The zero-order valence-electron chi connectivity index (χ0n) is 15.8. The van der Waals surface area contributed by atoms with E-state index in [1.807, 2.05) is 55.1 Å². The summed E-state index contributed by atoms with van der Waals surface area (Å²) in [5, 5.41) is 5.33. The minimum Gasteiger partial charge on any atom is -0.455 e. The van der Waals surface area contributed by atoms with Gasteiger partial charge in [0.15, 0.2) is 0 Å². The van der Waals surface area contributed by atoms with Crippen molar-refractivity contribution in [3.05, 3.63) is 85.6 Å². The third-order valence-corrected chi connectivity index (χ3v) is 5.80. The molecule has 5 heteroatoms. The second-order valence-electron chi connectivity index (χ2n) is 7.36. The molecule has 5 heterocycles. The van der Waals surface area contributed by atoms with E-state index in [0.717, 1.165) is 60.3 Å². The predicted octanol–water partition coefficient (Wildman–Crippen LogP) is 6.02. The number of rotatable bonds is 1. The summed E-state index contributed by atoms with van der Waals surface area (Å²) in [6, 6.07) is 18.3. The van der Waals surface area contributed by atoms with Crippen molar-refractivity contribution in [1.82, 2.24) is 19.5 Å². The van der Waals surface area contributed by atoms with Crippen LogP contribution in [-0.2, 0) is 0 Å². The molecule has 0 aliphatic carbocycles. The zero-order valence-corrected chi connectivity index (χ0v) is 15.8. The Hall–Kier alpha value is -4.25. The number of para-hydroxylation sites is 1. The number of hydrogen-bond acceptors (Lipinski definition) is 4. The maximum absolute atomic E-state index is 6.38. The monoisotopic (exact) mass is 386 g/mol. The molecule has 0 aliphatic rings. The number of fused-ring (bicyclic) bond motifs is 10. The molecule has 0 atom stereocenters. The molecule has 30 heavy (non-hydrogen) atoms. The maximum atomic E-state index is 6.38. The lowest BCUT2D eigenvalue weighted by Gasteiger charge is -2.08. The summed E-state index contributed by atoms with van der Waals surface area (Å²) in [5.74, 6) is 0. The standard InChI is InChI=1S/C25H14N4O/c1-2-8-20-17(6-1)22-24-21(18-14-27-12-9-16(18)25(22)30-20)23-19(7-4-11-28-23)29(24)15-5-3-10-26-13-15/h1-14H. The summed E-state index contributed by atoms with van der Waals surface area (Å²) in [7, 11) is 0. The van der Waals surface area contributed by atoms with Crippen LogP contribution >= 0.6 is 0 Å². The van der Waals surface area contributed by atoms with Gasteiger partial charge in [-0.3, -0.25) is 15.0 Å². The highest BCUT2D eigenvalue weighted by molar-refractivity contribution is 6.34. The lowest BCUT2D eigenvalue weighted by Crippen LogP contribution is -1.95. The zero-order chi connectivity index (χ0) is 19.7. The molecule has 0 saturated carbocycles. The van der Waals surface area contributed by atoms with Gasteiger partial charge in [-0.2, -0.15) is 0 Å². The van der Waals surface area contributed by atoms with Crippen LogP contribution in [0.1, 0.15) is 0 Å².